The van der Waals surface area contributed by atoms with E-state index in [1.54, 1.807) is 0 Å². The average molecular weight is 393 g/mol. The van der Waals surface area contributed by atoms with E-state index in [-0.39, 0.29) is 5.54 Å². The molecule has 0 saturated heterocycles. The first-order chi connectivity index (χ1) is 13.1. The number of cyclic esters (lactones) is 1. The number of carbonyl (C=O) groups is 1. The number of fused-ring (bicyclic) bond motifs is 1. The number of rotatable bonds is 4. The topological polar surface area (TPSA) is 128 Å². The van der Waals surface area contributed by atoms with Gasteiger partial charge in [0.2, 0.25) is 5.76 Å². The summed E-state index contributed by atoms with van der Waals surface area (Å²) in [7, 11) is 0. The highest BCUT2D eigenvalue weighted by molar-refractivity contribution is 5.89. The van der Waals surface area contributed by atoms with E-state index >= 15 is 0 Å². The van der Waals surface area contributed by atoms with Crippen LogP contribution in [0.1, 0.15) is 33.3 Å². The molecule has 0 bridgehead atoms. The zero-order valence-corrected chi connectivity index (χ0v) is 16.4. The van der Waals surface area contributed by atoms with Gasteiger partial charge in [-0.25, -0.2) is 4.79 Å². The van der Waals surface area contributed by atoms with Gasteiger partial charge in [0.1, 0.15) is 11.9 Å². The SMILES string of the molecule is CCOc1ccc2c(c1)C(C)=CC(C)(C)N2.O=C1O[C@H]([C@@H](O)CO)C(O)=C1O. The molecule has 0 radical (unpaired) electrons. The molecule has 0 amide bonds. The van der Waals surface area contributed by atoms with Gasteiger partial charge >= 0.3 is 5.97 Å². The second-order valence-electron chi connectivity index (χ2n) is 7.12. The Balaban J connectivity index is 0.000000209. The maximum absolute atomic E-state index is 10.5. The lowest BCUT2D eigenvalue weighted by atomic mass is 9.91. The van der Waals surface area contributed by atoms with Gasteiger partial charge in [-0.05, 0) is 51.5 Å². The van der Waals surface area contributed by atoms with Gasteiger partial charge in [0, 0.05) is 11.3 Å². The molecule has 8 heteroatoms. The van der Waals surface area contributed by atoms with E-state index in [2.05, 4.69) is 49.0 Å². The van der Waals surface area contributed by atoms with Crippen molar-refractivity contribution in [1.82, 2.24) is 0 Å². The summed E-state index contributed by atoms with van der Waals surface area (Å²) in [5, 5.41) is 38.5. The number of aliphatic hydroxyl groups is 4. The van der Waals surface area contributed by atoms with Gasteiger partial charge < -0.3 is 35.2 Å². The summed E-state index contributed by atoms with van der Waals surface area (Å²) >= 11 is 0. The molecule has 2 aliphatic heterocycles. The second-order valence-corrected chi connectivity index (χ2v) is 7.12. The molecule has 154 valence electrons. The number of aliphatic hydroxyl groups excluding tert-OH is 4. The molecule has 0 saturated carbocycles. The van der Waals surface area contributed by atoms with E-state index in [1.165, 1.54) is 16.8 Å². The fraction of sp³-hybridized carbons (Fsp3) is 0.450. The molecule has 1 aromatic rings. The van der Waals surface area contributed by atoms with E-state index in [0.29, 0.717) is 6.61 Å². The number of hydrogen-bond donors (Lipinski definition) is 5. The molecule has 0 spiro atoms. The fourth-order valence-corrected chi connectivity index (χ4v) is 3.04. The van der Waals surface area contributed by atoms with Crippen LogP contribution in [0.4, 0.5) is 5.69 Å². The highest BCUT2D eigenvalue weighted by atomic mass is 16.6. The molecule has 2 aliphatic rings. The maximum Gasteiger partial charge on any atom is 0.377 e. The molecule has 5 N–H and O–H groups in total. The van der Waals surface area contributed by atoms with Crippen LogP contribution in [0.25, 0.3) is 5.57 Å². The molecule has 8 nitrogen and oxygen atoms in total. The molecule has 0 fully saturated rings. The Hall–Kier alpha value is -2.71. The van der Waals surface area contributed by atoms with Gasteiger partial charge in [-0.2, -0.15) is 0 Å². The van der Waals surface area contributed by atoms with Crippen molar-refractivity contribution < 1.29 is 34.7 Å². The van der Waals surface area contributed by atoms with Crippen LogP contribution in [-0.4, -0.2) is 57.4 Å². The van der Waals surface area contributed by atoms with E-state index < -0.39 is 36.3 Å². The summed E-state index contributed by atoms with van der Waals surface area (Å²) in [6, 6.07) is 6.22. The zero-order chi connectivity index (χ0) is 21.1. The van der Waals surface area contributed by atoms with Crippen LogP contribution in [0.3, 0.4) is 0 Å². The summed E-state index contributed by atoms with van der Waals surface area (Å²) in [6.07, 6.45) is -0.522. The van der Waals surface area contributed by atoms with Crippen LogP contribution >= 0.6 is 0 Å². The Labute approximate surface area is 163 Å². The lowest BCUT2D eigenvalue weighted by molar-refractivity contribution is -0.147. The standard InChI is InChI=1S/C14H19NO.C6H8O6/c1-5-16-11-6-7-13-12(8-11)10(2)9-14(3,4)15-13;7-1-2(8)5-3(9)4(10)6(11)12-5/h6-9,15H,5H2,1-4H3;2,5,7-10H,1H2/t;2-,5+/m.0/s1. The Morgan fingerprint density at radius 1 is 1.32 bits per heavy atom. The number of carbonyl (C=O) groups excluding carboxylic acids is 1. The molecule has 28 heavy (non-hydrogen) atoms. The fourth-order valence-electron chi connectivity index (χ4n) is 3.04. The number of ether oxygens (including phenoxy) is 2. The van der Waals surface area contributed by atoms with Crippen LogP contribution in [0, 0.1) is 0 Å². The van der Waals surface area contributed by atoms with Crippen molar-refractivity contribution in [3.05, 3.63) is 41.4 Å². The molecule has 2 heterocycles. The summed E-state index contributed by atoms with van der Waals surface area (Å²) in [4.78, 5) is 10.5. The van der Waals surface area contributed by atoms with Crippen molar-refractivity contribution in [3.8, 4) is 5.75 Å². The quantitative estimate of drug-likeness (QED) is 0.493. The van der Waals surface area contributed by atoms with E-state index in [1.807, 2.05) is 13.0 Å². The summed E-state index contributed by atoms with van der Waals surface area (Å²) in [6.45, 7) is 8.54. The van der Waals surface area contributed by atoms with Crippen molar-refractivity contribution >= 4 is 17.2 Å². The maximum atomic E-state index is 10.5. The minimum atomic E-state index is -1.42. The number of esters is 1. The Morgan fingerprint density at radius 3 is 2.54 bits per heavy atom. The summed E-state index contributed by atoms with van der Waals surface area (Å²) in [5.41, 5.74) is 3.77. The average Bonchev–Trinajstić information content (AvgIpc) is 2.89. The molecule has 1 aromatic carbocycles. The molecule has 0 aliphatic carbocycles. The normalized spacial score (nSPS) is 20.9. The highest BCUT2D eigenvalue weighted by Crippen LogP contribution is 2.35. The zero-order valence-electron chi connectivity index (χ0n) is 16.4. The molecule has 0 unspecified atom stereocenters. The van der Waals surface area contributed by atoms with Crippen molar-refractivity contribution in [2.24, 2.45) is 0 Å². The largest absolute Gasteiger partial charge is 0.505 e. The first-order valence-electron chi connectivity index (χ1n) is 8.96. The third-order valence-corrected chi connectivity index (χ3v) is 4.24. The first-order valence-corrected chi connectivity index (χ1v) is 8.96. The molecule has 3 rings (SSSR count). The Bertz CT molecular complexity index is 798. The minimum Gasteiger partial charge on any atom is -0.505 e. The van der Waals surface area contributed by atoms with Gasteiger partial charge in [0.25, 0.3) is 0 Å². The van der Waals surface area contributed by atoms with Crippen LogP contribution < -0.4 is 10.1 Å². The van der Waals surface area contributed by atoms with Crippen LogP contribution in [0.2, 0.25) is 0 Å². The number of hydrogen-bond acceptors (Lipinski definition) is 8. The smallest absolute Gasteiger partial charge is 0.377 e. The molecular formula is C20H27NO7. The van der Waals surface area contributed by atoms with Gasteiger partial charge in [-0.3, -0.25) is 0 Å². The first kappa shape index (κ1) is 21.6. The van der Waals surface area contributed by atoms with Crippen LogP contribution in [-0.2, 0) is 9.53 Å². The van der Waals surface area contributed by atoms with Crippen LogP contribution in [0.5, 0.6) is 5.75 Å². The van der Waals surface area contributed by atoms with Gasteiger partial charge in [0.05, 0.1) is 18.8 Å². The number of allylic oxidation sites excluding steroid dienone is 1. The predicted octanol–water partition coefficient (Wildman–Crippen LogP) is 2.29. The molecular weight excluding hydrogens is 366 g/mol. The van der Waals surface area contributed by atoms with Crippen molar-refractivity contribution in [2.75, 3.05) is 18.5 Å². The van der Waals surface area contributed by atoms with E-state index in [0.717, 1.165) is 5.75 Å². The van der Waals surface area contributed by atoms with Gasteiger partial charge in [-0.1, -0.05) is 6.08 Å². The van der Waals surface area contributed by atoms with Gasteiger partial charge in [-0.15, -0.1) is 0 Å². The van der Waals surface area contributed by atoms with E-state index in [4.69, 9.17) is 25.2 Å². The van der Waals surface area contributed by atoms with E-state index in [9.17, 15) is 4.79 Å². The summed E-state index contributed by atoms with van der Waals surface area (Å²) < 4.78 is 9.83. The monoisotopic (exact) mass is 393 g/mol. The molecule has 0 aromatic heterocycles. The number of anilines is 1. The number of benzene rings is 1. The second kappa shape index (κ2) is 8.53. The summed E-state index contributed by atoms with van der Waals surface area (Å²) in [5.74, 6) is -1.84. The number of nitrogens with one attached hydrogen (secondary N) is 1. The molecule has 2 atom stereocenters. The van der Waals surface area contributed by atoms with Crippen molar-refractivity contribution in [2.45, 2.75) is 45.4 Å². The lowest BCUT2D eigenvalue weighted by Crippen LogP contribution is -2.31. The third-order valence-electron chi connectivity index (χ3n) is 4.24. The Kier molecular flexibility index (Phi) is 6.58. The third kappa shape index (κ3) is 4.76. The van der Waals surface area contributed by atoms with Crippen molar-refractivity contribution in [3.63, 3.8) is 0 Å². The predicted molar refractivity (Wildman–Crippen MR) is 104 cm³/mol. The van der Waals surface area contributed by atoms with Crippen molar-refractivity contribution in [1.29, 1.82) is 0 Å². The Morgan fingerprint density at radius 2 is 2.00 bits per heavy atom. The highest BCUT2D eigenvalue weighted by Gasteiger charge is 2.38. The van der Waals surface area contributed by atoms with Gasteiger partial charge in [0.15, 0.2) is 11.9 Å². The van der Waals surface area contributed by atoms with Crippen LogP contribution in [0.15, 0.2) is 35.8 Å². The lowest BCUT2D eigenvalue weighted by Gasteiger charge is -2.31. The minimum absolute atomic E-state index is 0.0320.